The normalized spacial score (nSPS) is 11.3. The monoisotopic (exact) mass is 637 g/mol. The number of hydrogen-bond donors (Lipinski definition) is 1. The third-order valence-electron chi connectivity index (χ3n) is 7.26. The molecule has 0 saturated heterocycles. The maximum atomic E-state index is 13.8. The van der Waals surface area contributed by atoms with Gasteiger partial charge in [-0.3, -0.25) is 19.7 Å². The molecule has 0 radical (unpaired) electrons. The minimum Gasteiger partial charge on any atom is -0.494 e. The minimum absolute atomic E-state index is 0.121. The highest BCUT2D eigenvalue weighted by Gasteiger charge is 2.20. The fourth-order valence-corrected chi connectivity index (χ4v) is 4.95. The van der Waals surface area contributed by atoms with E-state index < -0.39 is 34.5 Å². The van der Waals surface area contributed by atoms with E-state index in [9.17, 15) is 24.1 Å². The molecule has 0 fully saturated rings. The van der Waals surface area contributed by atoms with Gasteiger partial charge in [-0.25, -0.2) is 9.37 Å². The molecule has 5 rings (SSSR count). The lowest BCUT2D eigenvalue weighted by Gasteiger charge is -2.18. The smallest absolute Gasteiger partial charge is 0.311 e. The number of aromatic nitrogens is 2. The number of aryl methyl sites for hydroxylation is 1. The highest BCUT2D eigenvalue weighted by atomic mass is 19.1. The lowest BCUT2D eigenvalue weighted by Crippen LogP contribution is -2.21. The number of para-hydroxylation sites is 1. The molecule has 47 heavy (non-hydrogen) atoms. The van der Waals surface area contributed by atoms with E-state index in [-0.39, 0.29) is 11.7 Å². The van der Waals surface area contributed by atoms with Crippen LogP contribution in [-0.2, 0) is 4.79 Å². The van der Waals surface area contributed by atoms with Crippen molar-refractivity contribution in [3.63, 3.8) is 0 Å². The van der Waals surface area contributed by atoms with E-state index in [1.165, 1.54) is 53.4 Å². The number of nitro groups is 1. The van der Waals surface area contributed by atoms with Gasteiger partial charge in [-0.05, 0) is 91.6 Å². The second-order valence-corrected chi connectivity index (χ2v) is 10.9. The number of fused-ring (bicyclic) bond motifs is 1. The Morgan fingerprint density at radius 1 is 1.06 bits per heavy atom. The van der Waals surface area contributed by atoms with Crippen LogP contribution < -0.4 is 20.3 Å². The van der Waals surface area contributed by atoms with E-state index in [2.05, 4.69) is 10.4 Å². The van der Waals surface area contributed by atoms with Crippen LogP contribution in [0.2, 0.25) is 0 Å². The first-order valence-corrected chi connectivity index (χ1v) is 14.9. The summed E-state index contributed by atoms with van der Waals surface area (Å²) >= 11 is 0. The van der Waals surface area contributed by atoms with Gasteiger partial charge in [0.15, 0.2) is 18.2 Å². The molecule has 0 bridgehead atoms. The largest absolute Gasteiger partial charge is 0.494 e. The zero-order chi connectivity index (χ0) is 33.7. The Kier molecular flexibility index (Phi) is 9.69. The summed E-state index contributed by atoms with van der Waals surface area (Å²) in [6, 6.07) is 20.1. The Labute approximate surface area is 269 Å². The van der Waals surface area contributed by atoms with Crippen molar-refractivity contribution in [2.24, 2.45) is 5.10 Å². The molecule has 0 spiro atoms. The Bertz CT molecular complexity index is 2060. The van der Waals surface area contributed by atoms with Gasteiger partial charge >= 0.3 is 5.69 Å². The molecule has 5 aromatic rings. The van der Waals surface area contributed by atoms with Crippen LogP contribution in [0.3, 0.4) is 0 Å². The van der Waals surface area contributed by atoms with E-state index in [4.69, 9.17) is 14.5 Å². The summed E-state index contributed by atoms with van der Waals surface area (Å²) in [6.45, 7) is 7.90. The molecular formula is C35H32FN5O6. The van der Waals surface area contributed by atoms with Crippen LogP contribution in [0.4, 0.5) is 15.8 Å². The number of carbonyl (C=O) groups excluding carboxylic acids is 1. The van der Waals surface area contributed by atoms with Crippen molar-refractivity contribution in [1.82, 2.24) is 9.66 Å². The molecule has 0 unspecified atom stereocenters. The summed E-state index contributed by atoms with van der Waals surface area (Å²) in [5.74, 6) is -0.00726. The summed E-state index contributed by atoms with van der Waals surface area (Å²) in [6.07, 6.45) is 1.33. The number of nitrogens with one attached hydrogen (secondary N) is 1. The Morgan fingerprint density at radius 2 is 1.81 bits per heavy atom. The molecule has 12 heteroatoms. The number of amides is 1. The maximum Gasteiger partial charge on any atom is 0.311 e. The van der Waals surface area contributed by atoms with Gasteiger partial charge < -0.3 is 14.8 Å². The van der Waals surface area contributed by atoms with Crippen molar-refractivity contribution in [3.8, 4) is 22.9 Å². The van der Waals surface area contributed by atoms with Gasteiger partial charge in [0.1, 0.15) is 11.6 Å². The third-order valence-corrected chi connectivity index (χ3v) is 7.26. The van der Waals surface area contributed by atoms with Crippen LogP contribution in [0.5, 0.6) is 11.5 Å². The number of nitro benzene ring substituents is 1. The topological polar surface area (TPSA) is 138 Å². The van der Waals surface area contributed by atoms with Crippen LogP contribution in [0.15, 0.2) is 88.8 Å². The van der Waals surface area contributed by atoms with Gasteiger partial charge in [0.05, 0.1) is 28.6 Å². The van der Waals surface area contributed by atoms with Gasteiger partial charge in [0.25, 0.3) is 11.5 Å². The predicted octanol–water partition coefficient (Wildman–Crippen LogP) is 6.84. The van der Waals surface area contributed by atoms with Gasteiger partial charge in [-0.15, -0.1) is 0 Å². The van der Waals surface area contributed by atoms with Crippen molar-refractivity contribution in [2.75, 3.05) is 18.5 Å². The average molecular weight is 638 g/mol. The molecule has 0 aliphatic rings. The van der Waals surface area contributed by atoms with Crippen molar-refractivity contribution < 1.29 is 23.6 Å². The summed E-state index contributed by atoms with van der Waals surface area (Å²) in [7, 11) is 0. The van der Waals surface area contributed by atoms with E-state index in [0.717, 1.165) is 16.9 Å². The molecule has 4 aromatic carbocycles. The molecular weight excluding hydrogens is 605 g/mol. The molecule has 0 aliphatic carbocycles. The Hall–Kier alpha value is -5.91. The lowest BCUT2D eigenvalue weighted by atomic mass is 9.96. The highest BCUT2D eigenvalue weighted by Crippen LogP contribution is 2.34. The second-order valence-electron chi connectivity index (χ2n) is 10.9. The molecule has 0 aliphatic heterocycles. The van der Waals surface area contributed by atoms with Crippen LogP contribution in [0, 0.1) is 22.9 Å². The van der Waals surface area contributed by atoms with Crippen LogP contribution in [0.25, 0.3) is 22.3 Å². The van der Waals surface area contributed by atoms with E-state index in [1.807, 2.05) is 39.8 Å². The molecule has 0 atom stereocenters. The average Bonchev–Trinajstić information content (AvgIpc) is 3.04. The third kappa shape index (κ3) is 7.33. The minimum atomic E-state index is -0.642. The second kappa shape index (κ2) is 14.0. The maximum absolute atomic E-state index is 13.8. The summed E-state index contributed by atoms with van der Waals surface area (Å²) in [5, 5.41) is 19.3. The van der Waals surface area contributed by atoms with Crippen molar-refractivity contribution in [1.29, 1.82) is 0 Å². The molecule has 1 amide bonds. The van der Waals surface area contributed by atoms with E-state index in [1.54, 1.807) is 24.3 Å². The Balaban J connectivity index is 1.50. The standard InChI is InChI=1S/C35H32FN5O6/c1-5-46-32-16-22(4)28(18-27(32)21(2)3)34-39-29-9-7-6-8-26(29)35(43)40(34)37-19-23-10-15-31(30(17-23)41(44)45)47-20-33(42)38-25-13-11-24(36)12-14-25/h6-19,21H,5,20H2,1-4H3,(H,38,42). The zero-order valence-corrected chi connectivity index (χ0v) is 26.2. The molecule has 0 saturated carbocycles. The number of hydrogen-bond acceptors (Lipinski definition) is 8. The van der Waals surface area contributed by atoms with Gasteiger partial charge in [-0.2, -0.15) is 9.78 Å². The fraction of sp³-hybridized carbons (Fsp3) is 0.200. The number of ether oxygens (including phenoxy) is 2. The van der Waals surface area contributed by atoms with Crippen molar-refractivity contribution >= 4 is 34.4 Å². The lowest BCUT2D eigenvalue weighted by molar-refractivity contribution is -0.385. The summed E-state index contributed by atoms with van der Waals surface area (Å²) in [4.78, 5) is 42.2. The molecule has 1 aromatic heterocycles. The van der Waals surface area contributed by atoms with Gasteiger partial charge in [0, 0.05) is 22.9 Å². The highest BCUT2D eigenvalue weighted by molar-refractivity contribution is 5.92. The van der Waals surface area contributed by atoms with Gasteiger partial charge in [-0.1, -0.05) is 26.0 Å². The number of carbonyl (C=O) groups is 1. The zero-order valence-electron chi connectivity index (χ0n) is 26.2. The first-order valence-electron chi connectivity index (χ1n) is 14.9. The Morgan fingerprint density at radius 3 is 2.51 bits per heavy atom. The van der Waals surface area contributed by atoms with Crippen LogP contribution in [-0.4, -0.2) is 39.9 Å². The number of benzene rings is 4. The number of nitrogens with zero attached hydrogens (tertiary/aromatic N) is 4. The number of anilines is 1. The molecule has 11 nitrogen and oxygen atoms in total. The van der Waals surface area contributed by atoms with Crippen molar-refractivity contribution in [2.45, 2.75) is 33.6 Å². The number of rotatable bonds is 11. The van der Waals surface area contributed by atoms with Crippen LogP contribution in [0.1, 0.15) is 43.4 Å². The van der Waals surface area contributed by atoms with Crippen LogP contribution >= 0.6 is 0 Å². The number of halogens is 1. The molecule has 1 N–H and O–H groups in total. The first-order chi connectivity index (χ1) is 22.5. The molecule has 1 heterocycles. The summed E-state index contributed by atoms with van der Waals surface area (Å²) < 4.78 is 25.6. The van der Waals surface area contributed by atoms with Crippen molar-refractivity contribution in [3.05, 3.63) is 122 Å². The first kappa shape index (κ1) is 32.5. The van der Waals surface area contributed by atoms with E-state index >= 15 is 0 Å². The molecule has 240 valence electrons. The van der Waals surface area contributed by atoms with E-state index in [0.29, 0.717) is 40.1 Å². The fourth-order valence-electron chi connectivity index (χ4n) is 4.95. The predicted molar refractivity (Wildman–Crippen MR) is 178 cm³/mol. The SMILES string of the molecule is CCOc1cc(C)c(-c2nc3ccccc3c(=O)n2N=Cc2ccc(OCC(=O)Nc3ccc(F)cc3)c([N+](=O)[O-])c2)cc1C(C)C. The summed E-state index contributed by atoms with van der Waals surface area (Å²) in [5.41, 5.74) is 2.79. The van der Waals surface area contributed by atoms with Gasteiger partial charge in [0.2, 0.25) is 0 Å². The quantitative estimate of drug-likeness (QED) is 0.0951.